The molecule has 0 heterocycles. The van der Waals surface area contributed by atoms with Crippen molar-refractivity contribution in [2.45, 2.75) is 39.2 Å². The van der Waals surface area contributed by atoms with Crippen LogP contribution < -0.4 is 10.6 Å². The van der Waals surface area contributed by atoms with Crippen LogP contribution in [-0.4, -0.2) is 42.9 Å². The lowest BCUT2D eigenvalue weighted by Gasteiger charge is -2.13. The molecule has 0 bridgehead atoms. The van der Waals surface area contributed by atoms with Gasteiger partial charge in [-0.05, 0) is 19.3 Å². The van der Waals surface area contributed by atoms with Crippen molar-refractivity contribution >= 4 is 12.0 Å². The van der Waals surface area contributed by atoms with Gasteiger partial charge in [0.25, 0.3) is 0 Å². The molecule has 6 heteroatoms. The Labute approximate surface area is 102 Å². The first-order valence-corrected chi connectivity index (χ1v) is 5.96. The zero-order valence-corrected chi connectivity index (χ0v) is 10.5. The van der Waals surface area contributed by atoms with Crippen molar-refractivity contribution in [3.63, 3.8) is 0 Å². The highest BCUT2D eigenvalue weighted by molar-refractivity contribution is 5.82. The van der Waals surface area contributed by atoms with Gasteiger partial charge in [0.1, 0.15) is 6.04 Å². The molecule has 0 aliphatic heterocycles. The fourth-order valence-electron chi connectivity index (χ4n) is 1.17. The number of carbonyl (C=O) groups is 2. The molecule has 0 aliphatic rings. The number of nitrogens with one attached hydrogen (secondary N) is 2. The predicted octanol–water partition coefficient (Wildman–Crippen LogP) is 0.965. The highest BCUT2D eigenvalue weighted by Crippen LogP contribution is 1.90. The molecule has 0 aromatic heterocycles. The standard InChI is InChI=1S/C11H22N2O4/c1-3-7-17-8-5-6-12-11(16)13-9(4-2)10(14)15/h9H,3-8H2,1-2H3,(H,14,15)(H2,12,13,16)/t9-/m1/s1. The molecule has 2 amide bonds. The number of hydrogen-bond donors (Lipinski definition) is 3. The summed E-state index contributed by atoms with van der Waals surface area (Å²) in [5.41, 5.74) is 0. The lowest BCUT2D eigenvalue weighted by molar-refractivity contribution is -0.139. The molecule has 0 saturated heterocycles. The Morgan fingerprint density at radius 1 is 1.29 bits per heavy atom. The zero-order chi connectivity index (χ0) is 13.1. The van der Waals surface area contributed by atoms with E-state index < -0.39 is 18.0 Å². The second-order valence-electron chi connectivity index (χ2n) is 3.67. The maximum atomic E-state index is 11.3. The first kappa shape index (κ1) is 15.7. The van der Waals surface area contributed by atoms with Crippen LogP contribution in [0.1, 0.15) is 33.1 Å². The SMILES string of the molecule is CCCOCCCNC(=O)N[C@H](CC)C(=O)O. The average molecular weight is 246 g/mol. The van der Waals surface area contributed by atoms with Crippen molar-refractivity contribution in [1.82, 2.24) is 10.6 Å². The third-order valence-electron chi connectivity index (χ3n) is 2.11. The third kappa shape index (κ3) is 8.50. The number of rotatable bonds is 9. The maximum absolute atomic E-state index is 11.3. The Morgan fingerprint density at radius 3 is 2.53 bits per heavy atom. The van der Waals surface area contributed by atoms with Crippen LogP contribution in [0.4, 0.5) is 4.79 Å². The fraction of sp³-hybridized carbons (Fsp3) is 0.818. The number of carboxylic acids is 1. The highest BCUT2D eigenvalue weighted by Gasteiger charge is 2.16. The number of hydrogen-bond acceptors (Lipinski definition) is 3. The van der Waals surface area contributed by atoms with E-state index in [4.69, 9.17) is 9.84 Å². The van der Waals surface area contributed by atoms with E-state index in [1.807, 2.05) is 6.92 Å². The lowest BCUT2D eigenvalue weighted by atomic mass is 10.2. The molecule has 0 aromatic carbocycles. The van der Waals surface area contributed by atoms with Gasteiger partial charge in [0.15, 0.2) is 0 Å². The van der Waals surface area contributed by atoms with Crippen LogP contribution in [0, 0.1) is 0 Å². The molecule has 6 nitrogen and oxygen atoms in total. The van der Waals surface area contributed by atoms with Crippen molar-refractivity contribution in [2.75, 3.05) is 19.8 Å². The number of ether oxygens (including phenoxy) is 1. The van der Waals surface area contributed by atoms with E-state index in [0.717, 1.165) is 19.4 Å². The summed E-state index contributed by atoms with van der Waals surface area (Å²) in [5.74, 6) is -1.02. The first-order valence-electron chi connectivity index (χ1n) is 5.96. The summed E-state index contributed by atoms with van der Waals surface area (Å²) < 4.78 is 5.24. The normalized spacial score (nSPS) is 11.9. The van der Waals surface area contributed by atoms with Crippen molar-refractivity contribution < 1.29 is 19.4 Å². The summed E-state index contributed by atoms with van der Waals surface area (Å²) in [5, 5.41) is 13.7. The smallest absolute Gasteiger partial charge is 0.326 e. The lowest BCUT2D eigenvalue weighted by Crippen LogP contribution is -2.45. The topological polar surface area (TPSA) is 87.7 Å². The van der Waals surface area contributed by atoms with Crippen molar-refractivity contribution in [3.05, 3.63) is 0 Å². The van der Waals surface area contributed by atoms with Crippen molar-refractivity contribution in [2.24, 2.45) is 0 Å². The minimum Gasteiger partial charge on any atom is -0.480 e. The van der Waals surface area contributed by atoms with Gasteiger partial charge in [-0.3, -0.25) is 0 Å². The average Bonchev–Trinajstić information content (AvgIpc) is 2.30. The Hall–Kier alpha value is -1.30. The summed E-state index contributed by atoms with van der Waals surface area (Å²) in [4.78, 5) is 21.9. The molecule has 0 aromatic rings. The summed E-state index contributed by atoms with van der Waals surface area (Å²) in [6.45, 7) is 5.54. The molecular formula is C11H22N2O4. The Morgan fingerprint density at radius 2 is 2.00 bits per heavy atom. The zero-order valence-electron chi connectivity index (χ0n) is 10.5. The molecule has 100 valence electrons. The molecule has 3 N–H and O–H groups in total. The molecule has 0 rings (SSSR count). The molecule has 1 atom stereocenters. The predicted molar refractivity (Wildman–Crippen MR) is 64.0 cm³/mol. The molecule has 0 saturated carbocycles. The molecule has 0 unspecified atom stereocenters. The number of urea groups is 1. The largest absolute Gasteiger partial charge is 0.480 e. The molecule has 0 spiro atoms. The van der Waals surface area contributed by atoms with E-state index in [-0.39, 0.29) is 0 Å². The minimum atomic E-state index is -1.02. The quantitative estimate of drug-likeness (QED) is 0.529. The van der Waals surface area contributed by atoms with Gasteiger partial charge < -0.3 is 20.5 Å². The van der Waals surface area contributed by atoms with E-state index in [1.165, 1.54) is 0 Å². The molecular weight excluding hydrogens is 224 g/mol. The van der Waals surface area contributed by atoms with E-state index in [2.05, 4.69) is 10.6 Å². The van der Waals surface area contributed by atoms with E-state index in [1.54, 1.807) is 6.92 Å². The van der Waals surface area contributed by atoms with Crippen LogP contribution in [0.3, 0.4) is 0 Å². The van der Waals surface area contributed by atoms with Gasteiger partial charge in [0.2, 0.25) is 0 Å². The Balaban J connectivity index is 3.55. The summed E-state index contributed by atoms with van der Waals surface area (Å²) in [6, 6.07) is -1.28. The van der Waals surface area contributed by atoms with Crippen LogP contribution in [0.15, 0.2) is 0 Å². The number of aliphatic carboxylic acids is 1. The molecule has 17 heavy (non-hydrogen) atoms. The Kier molecular flexibility index (Phi) is 9.14. The van der Waals surface area contributed by atoms with Crippen molar-refractivity contribution in [3.8, 4) is 0 Å². The number of carboxylic acid groups (broad SMARTS) is 1. The van der Waals surface area contributed by atoms with Crippen LogP contribution >= 0.6 is 0 Å². The summed E-state index contributed by atoms with van der Waals surface area (Å²) >= 11 is 0. The van der Waals surface area contributed by atoms with Crippen LogP contribution in [0.5, 0.6) is 0 Å². The molecule has 0 aliphatic carbocycles. The summed E-state index contributed by atoms with van der Waals surface area (Å²) in [7, 11) is 0. The fourth-order valence-corrected chi connectivity index (χ4v) is 1.17. The monoisotopic (exact) mass is 246 g/mol. The van der Waals surface area contributed by atoms with Gasteiger partial charge in [-0.2, -0.15) is 0 Å². The van der Waals surface area contributed by atoms with Gasteiger partial charge in [-0.25, -0.2) is 9.59 Å². The van der Waals surface area contributed by atoms with Gasteiger partial charge in [0.05, 0.1) is 0 Å². The summed E-state index contributed by atoms with van der Waals surface area (Å²) in [6.07, 6.45) is 2.06. The van der Waals surface area contributed by atoms with Gasteiger partial charge in [0, 0.05) is 19.8 Å². The first-order chi connectivity index (χ1) is 8.11. The Bertz CT molecular complexity index is 234. The van der Waals surface area contributed by atoms with E-state index >= 15 is 0 Å². The van der Waals surface area contributed by atoms with Gasteiger partial charge in [-0.15, -0.1) is 0 Å². The highest BCUT2D eigenvalue weighted by atomic mass is 16.5. The maximum Gasteiger partial charge on any atom is 0.326 e. The van der Waals surface area contributed by atoms with Crippen molar-refractivity contribution in [1.29, 1.82) is 0 Å². The second kappa shape index (κ2) is 9.89. The third-order valence-corrected chi connectivity index (χ3v) is 2.11. The number of carbonyl (C=O) groups excluding carboxylic acids is 1. The van der Waals surface area contributed by atoms with Gasteiger partial charge >= 0.3 is 12.0 Å². The van der Waals surface area contributed by atoms with Crippen LogP contribution in [0.2, 0.25) is 0 Å². The molecule has 0 radical (unpaired) electrons. The van der Waals surface area contributed by atoms with E-state index in [0.29, 0.717) is 19.6 Å². The van der Waals surface area contributed by atoms with Gasteiger partial charge in [-0.1, -0.05) is 13.8 Å². The molecule has 0 fully saturated rings. The minimum absolute atomic E-state index is 0.363. The van der Waals surface area contributed by atoms with Crippen LogP contribution in [0.25, 0.3) is 0 Å². The van der Waals surface area contributed by atoms with E-state index in [9.17, 15) is 9.59 Å². The second-order valence-corrected chi connectivity index (χ2v) is 3.67. The number of amides is 2. The van der Waals surface area contributed by atoms with Crippen LogP contribution in [-0.2, 0) is 9.53 Å².